The lowest BCUT2D eigenvalue weighted by Gasteiger charge is -2.13. The molecule has 0 aliphatic heterocycles. The number of thioether (sulfide) groups is 1. The monoisotopic (exact) mass is 492 g/mol. The molecule has 0 saturated carbocycles. The molecule has 10 heteroatoms. The smallest absolute Gasteiger partial charge is 0.259 e. The van der Waals surface area contributed by atoms with Crippen molar-refractivity contribution < 1.29 is 19.4 Å². The van der Waals surface area contributed by atoms with Crippen LogP contribution in [0.1, 0.15) is 18.3 Å². The molecule has 1 unspecified atom stereocenters. The summed E-state index contributed by atoms with van der Waals surface area (Å²) in [6.45, 7) is 2.30. The molecule has 2 aromatic heterocycles. The highest BCUT2D eigenvalue weighted by molar-refractivity contribution is 8.06. The molecule has 2 aromatic rings. The minimum atomic E-state index is -0.713. The molecule has 0 fully saturated rings. The number of nitrogens with zero attached hydrogens (tertiary/aromatic N) is 2. The zero-order chi connectivity index (χ0) is 24.5. The molecule has 2 rings (SSSR count). The van der Waals surface area contributed by atoms with Gasteiger partial charge in [0.15, 0.2) is 0 Å². The minimum absolute atomic E-state index is 0.264. The Hall–Kier alpha value is -2.88. The Morgan fingerprint density at radius 1 is 1.27 bits per heavy atom. The third-order valence-corrected chi connectivity index (χ3v) is 5.36. The van der Waals surface area contributed by atoms with Crippen molar-refractivity contribution in [2.75, 3.05) is 26.1 Å². The lowest BCUT2D eigenvalue weighted by atomic mass is 10.1. The number of aldehydes is 1. The number of ether oxygens (including phenoxy) is 1. The summed E-state index contributed by atoms with van der Waals surface area (Å²) in [6.07, 6.45) is 5.00. The minimum Gasteiger partial charge on any atom is -0.492 e. The van der Waals surface area contributed by atoms with Crippen molar-refractivity contribution in [1.29, 1.82) is 0 Å². The highest BCUT2D eigenvalue weighted by atomic mass is 35.5. The fraction of sp³-hybridized carbons (Fsp3) is 0.304. The molecule has 3 N–H and O–H groups in total. The van der Waals surface area contributed by atoms with Crippen molar-refractivity contribution >= 4 is 41.4 Å². The van der Waals surface area contributed by atoms with E-state index >= 15 is 0 Å². The summed E-state index contributed by atoms with van der Waals surface area (Å²) >= 11 is 6.88. The predicted octanol–water partition coefficient (Wildman–Crippen LogP) is 3.32. The van der Waals surface area contributed by atoms with Crippen molar-refractivity contribution in [1.82, 2.24) is 15.3 Å². The highest BCUT2D eigenvalue weighted by Crippen LogP contribution is 2.18. The average Bonchev–Trinajstić information content (AvgIpc) is 2.86. The van der Waals surface area contributed by atoms with Crippen LogP contribution in [0.15, 0.2) is 58.5 Å². The fourth-order valence-corrected chi connectivity index (χ4v) is 3.27. The van der Waals surface area contributed by atoms with Gasteiger partial charge >= 0.3 is 0 Å². The summed E-state index contributed by atoms with van der Waals surface area (Å²) in [5.74, 6) is 1.02. The first-order valence-electron chi connectivity index (χ1n) is 10.1. The molecule has 0 aliphatic rings. The van der Waals surface area contributed by atoms with Crippen molar-refractivity contribution in [3.8, 4) is 5.75 Å². The van der Waals surface area contributed by atoms with E-state index in [0.717, 1.165) is 18.6 Å². The van der Waals surface area contributed by atoms with Gasteiger partial charge in [0, 0.05) is 43.9 Å². The second-order valence-electron chi connectivity index (χ2n) is 6.33. The number of anilines is 1. The molecule has 0 spiro atoms. The van der Waals surface area contributed by atoms with Crippen LogP contribution in [0.3, 0.4) is 0 Å². The van der Waals surface area contributed by atoms with E-state index in [0.29, 0.717) is 35.7 Å². The van der Waals surface area contributed by atoms with Crippen LogP contribution >= 0.6 is 23.4 Å². The normalized spacial score (nSPS) is 11.8. The van der Waals surface area contributed by atoms with Gasteiger partial charge in [0.1, 0.15) is 17.9 Å². The molecule has 0 aromatic carbocycles. The number of aliphatic hydroxyl groups excluding tert-OH is 1. The van der Waals surface area contributed by atoms with Crippen molar-refractivity contribution in [3.05, 3.63) is 69.8 Å². The summed E-state index contributed by atoms with van der Waals surface area (Å²) < 4.78 is 5.72. The summed E-state index contributed by atoms with van der Waals surface area (Å²) in [5.41, 5.74) is 2.78. The first kappa shape index (κ1) is 28.2. The maximum absolute atomic E-state index is 12.2. The molecule has 1 amide bonds. The summed E-state index contributed by atoms with van der Waals surface area (Å²) in [6, 6.07) is 8.63. The Kier molecular flexibility index (Phi) is 14.3. The Balaban J connectivity index is 0.00000265. The predicted molar refractivity (Wildman–Crippen MR) is 133 cm³/mol. The first-order chi connectivity index (χ1) is 16.1. The SMILES string of the molecule is C/C=C\S/C(=C/Cl)C(=O)NC(C=O)Cc1ccc(OCCc2cccc(NC)n2)cn1.CO. The Morgan fingerprint density at radius 3 is 2.67 bits per heavy atom. The molecule has 8 nitrogen and oxygen atoms in total. The van der Waals surface area contributed by atoms with Gasteiger partial charge in [0.05, 0.1) is 23.8 Å². The third kappa shape index (κ3) is 10.5. The molecule has 178 valence electrons. The number of hydrogen-bond acceptors (Lipinski definition) is 8. The van der Waals surface area contributed by atoms with Crippen LogP contribution in [0.4, 0.5) is 5.82 Å². The van der Waals surface area contributed by atoms with Gasteiger partial charge in [-0.2, -0.15) is 0 Å². The largest absolute Gasteiger partial charge is 0.492 e. The van der Waals surface area contributed by atoms with Crippen molar-refractivity contribution in [2.45, 2.75) is 25.8 Å². The van der Waals surface area contributed by atoms with E-state index in [1.54, 1.807) is 29.8 Å². The summed E-state index contributed by atoms with van der Waals surface area (Å²) in [5, 5.41) is 14.4. The number of nitrogens with one attached hydrogen (secondary N) is 2. The van der Waals surface area contributed by atoms with Gasteiger partial charge in [-0.15, -0.1) is 0 Å². The second kappa shape index (κ2) is 16.7. The van der Waals surface area contributed by atoms with E-state index in [-0.39, 0.29) is 6.42 Å². The third-order valence-electron chi connectivity index (χ3n) is 4.05. The summed E-state index contributed by atoms with van der Waals surface area (Å²) in [7, 11) is 2.83. The number of aliphatic hydroxyl groups is 1. The number of pyridine rings is 2. The van der Waals surface area contributed by atoms with E-state index in [9.17, 15) is 9.59 Å². The molecule has 0 bridgehead atoms. The van der Waals surface area contributed by atoms with E-state index < -0.39 is 11.9 Å². The van der Waals surface area contributed by atoms with Crippen LogP contribution < -0.4 is 15.4 Å². The van der Waals surface area contributed by atoms with Crippen LogP contribution in [0, 0.1) is 0 Å². The van der Waals surface area contributed by atoms with Crippen LogP contribution in [0.5, 0.6) is 5.75 Å². The van der Waals surface area contributed by atoms with Gasteiger partial charge in [-0.1, -0.05) is 35.5 Å². The number of rotatable bonds is 12. The average molecular weight is 493 g/mol. The number of hydrogen-bond donors (Lipinski definition) is 3. The number of carbonyl (C=O) groups is 2. The Morgan fingerprint density at radius 2 is 2.06 bits per heavy atom. The maximum atomic E-state index is 12.2. The summed E-state index contributed by atoms with van der Waals surface area (Å²) in [4.78, 5) is 32.7. The van der Waals surface area contributed by atoms with Crippen LogP contribution in [-0.4, -0.2) is 54.1 Å². The van der Waals surface area contributed by atoms with Crippen molar-refractivity contribution in [2.24, 2.45) is 0 Å². The molecular formula is C23H29ClN4O4S. The van der Waals surface area contributed by atoms with E-state index in [2.05, 4.69) is 20.6 Å². The fourth-order valence-electron chi connectivity index (χ4n) is 2.52. The van der Waals surface area contributed by atoms with Gasteiger partial charge in [0.2, 0.25) is 0 Å². The van der Waals surface area contributed by atoms with Gasteiger partial charge in [-0.3, -0.25) is 9.78 Å². The van der Waals surface area contributed by atoms with Crippen LogP contribution in [0.2, 0.25) is 0 Å². The van der Waals surface area contributed by atoms with Crippen LogP contribution in [-0.2, 0) is 22.4 Å². The van der Waals surface area contributed by atoms with E-state index in [1.807, 2.05) is 32.2 Å². The van der Waals surface area contributed by atoms with Gasteiger partial charge in [-0.25, -0.2) is 4.98 Å². The Labute approximate surface area is 203 Å². The molecule has 0 saturated heterocycles. The number of carbonyl (C=O) groups excluding carboxylic acids is 2. The molecular weight excluding hydrogens is 464 g/mol. The molecule has 0 aliphatic carbocycles. The number of halogens is 1. The first-order valence-corrected chi connectivity index (χ1v) is 11.4. The molecule has 0 radical (unpaired) electrons. The van der Waals surface area contributed by atoms with E-state index in [4.69, 9.17) is 21.4 Å². The number of allylic oxidation sites excluding steroid dienone is 1. The van der Waals surface area contributed by atoms with E-state index in [1.165, 1.54) is 17.3 Å². The molecule has 1 atom stereocenters. The zero-order valence-corrected chi connectivity index (χ0v) is 20.4. The van der Waals surface area contributed by atoms with Gasteiger partial charge < -0.3 is 25.3 Å². The quantitative estimate of drug-likeness (QED) is 0.305. The number of aromatic nitrogens is 2. The topological polar surface area (TPSA) is 113 Å². The highest BCUT2D eigenvalue weighted by Gasteiger charge is 2.16. The van der Waals surface area contributed by atoms with Crippen LogP contribution in [0.25, 0.3) is 0 Å². The van der Waals surface area contributed by atoms with Crippen molar-refractivity contribution in [3.63, 3.8) is 0 Å². The Bertz CT molecular complexity index is 923. The maximum Gasteiger partial charge on any atom is 0.259 e. The number of amides is 1. The second-order valence-corrected chi connectivity index (χ2v) is 7.49. The lowest BCUT2D eigenvalue weighted by molar-refractivity contribution is -0.120. The van der Waals surface area contributed by atoms with Gasteiger partial charge in [-0.05, 0) is 36.6 Å². The van der Waals surface area contributed by atoms with Gasteiger partial charge in [0.25, 0.3) is 5.91 Å². The molecule has 2 heterocycles. The zero-order valence-electron chi connectivity index (χ0n) is 18.8. The molecule has 33 heavy (non-hydrogen) atoms. The lowest BCUT2D eigenvalue weighted by Crippen LogP contribution is -2.38. The standard InChI is InChI=1S/C22H25ClN4O3S.CH4O/c1-3-11-31-20(13-23)22(29)27-18(15-28)12-17-7-8-19(14-25-17)30-10-9-16-5-4-6-21(24-2)26-16;1-2/h3-8,11,13-15,18H,9-10,12H2,1-2H3,(H,24,26)(H,27,29);2H,1H3/b11-3-,20-13+;.